The number of methoxy groups -OCH3 is 2. The lowest BCUT2D eigenvalue weighted by molar-refractivity contribution is -0.135. The first kappa shape index (κ1) is 16.9. The van der Waals surface area contributed by atoms with Gasteiger partial charge in [0.1, 0.15) is 12.2 Å². The summed E-state index contributed by atoms with van der Waals surface area (Å²) in [6.07, 6.45) is 3.97. The molecule has 0 aliphatic carbocycles. The number of ether oxygens (including phenoxy) is 4. The van der Waals surface area contributed by atoms with Gasteiger partial charge in [0.25, 0.3) is 0 Å². The highest BCUT2D eigenvalue weighted by atomic mass is 16.7. The molecule has 0 aromatic heterocycles. The maximum absolute atomic E-state index is 11.2. The Balaban J connectivity index is 2.14. The van der Waals surface area contributed by atoms with Crippen molar-refractivity contribution in [2.45, 2.75) is 18.5 Å². The Morgan fingerprint density at radius 3 is 1.83 bits per heavy atom. The summed E-state index contributed by atoms with van der Waals surface area (Å²) in [6, 6.07) is 9.38. The summed E-state index contributed by atoms with van der Waals surface area (Å²) in [5.41, 5.74) is 0.845. The predicted octanol–water partition coefficient (Wildman–Crippen LogP) is 1.93. The zero-order valence-corrected chi connectivity index (χ0v) is 12.9. The molecule has 0 bridgehead atoms. The third kappa shape index (κ3) is 4.77. The molecule has 6 nitrogen and oxygen atoms in total. The van der Waals surface area contributed by atoms with Crippen LogP contribution in [0.15, 0.2) is 54.6 Å². The summed E-state index contributed by atoms with van der Waals surface area (Å²) in [5.74, 6) is -0.986. The summed E-state index contributed by atoms with van der Waals surface area (Å²) in [6.45, 7) is 0. The second-order valence-corrected chi connectivity index (χ2v) is 4.71. The van der Waals surface area contributed by atoms with Gasteiger partial charge in [-0.1, -0.05) is 30.3 Å². The molecule has 1 aromatic carbocycles. The highest BCUT2D eigenvalue weighted by Crippen LogP contribution is 2.32. The zero-order chi connectivity index (χ0) is 16.7. The first-order chi connectivity index (χ1) is 11.1. The summed E-state index contributed by atoms with van der Waals surface area (Å²) in [5, 5.41) is 0. The molecule has 0 saturated carbocycles. The third-order valence-corrected chi connectivity index (χ3v) is 3.20. The van der Waals surface area contributed by atoms with Crippen LogP contribution >= 0.6 is 0 Å². The predicted molar refractivity (Wildman–Crippen MR) is 81.2 cm³/mol. The highest BCUT2D eigenvalue weighted by molar-refractivity contribution is 5.82. The van der Waals surface area contributed by atoms with Gasteiger partial charge < -0.3 is 18.9 Å². The van der Waals surface area contributed by atoms with Crippen LogP contribution in [-0.2, 0) is 28.5 Å². The molecule has 1 fully saturated rings. The molecule has 1 aliphatic heterocycles. The van der Waals surface area contributed by atoms with E-state index in [1.807, 2.05) is 30.3 Å². The van der Waals surface area contributed by atoms with E-state index in [1.165, 1.54) is 26.4 Å². The molecule has 2 rings (SSSR count). The second-order valence-electron chi connectivity index (χ2n) is 4.71. The average Bonchev–Trinajstić information content (AvgIpc) is 3.01. The van der Waals surface area contributed by atoms with Crippen LogP contribution in [-0.4, -0.2) is 38.4 Å². The van der Waals surface area contributed by atoms with Crippen molar-refractivity contribution in [3.63, 3.8) is 0 Å². The molecule has 1 aliphatic rings. The van der Waals surface area contributed by atoms with Gasteiger partial charge in [0.2, 0.25) is 0 Å². The van der Waals surface area contributed by atoms with Gasteiger partial charge >= 0.3 is 11.9 Å². The molecule has 6 heteroatoms. The molecule has 0 amide bonds. The van der Waals surface area contributed by atoms with Crippen molar-refractivity contribution in [3.05, 3.63) is 60.2 Å². The summed E-state index contributed by atoms with van der Waals surface area (Å²) < 4.78 is 20.7. The highest BCUT2D eigenvalue weighted by Gasteiger charge is 2.34. The van der Waals surface area contributed by atoms with Crippen molar-refractivity contribution in [2.24, 2.45) is 0 Å². The van der Waals surface area contributed by atoms with Crippen molar-refractivity contribution in [1.82, 2.24) is 0 Å². The Bertz CT molecular complexity index is 558. The lowest BCUT2D eigenvalue weighted by atomic mass is 10.2. The van der Waals surface area contributed by atoms with Crippen molar-refractivity contribution < 1.29 is 28.5 Å². The number of benzene rings is 1. The lowest BCUT2D eigenvalue weighted by Crippen LogP contribution is -2.18. The summed E-state index contributed by atoms with van der Waals surface area (Å²) in [7, 11) is 2.58. The van der Waals surface area contributed by atoms with E-state index < -0.39 is 30.4 Å². The number of carbonyl (C=O) groups is 2. The molecule has 23 heavy (non-hydrogen) atoms. The van der Waals surface area contributed by atoms with Crippen LogP contribution in [0.5, 0.6) is 0 Å². The van der Waals surface area contributed by atoms with Crippen molar-refractivity contribution >= 4 is 11.9 Å². The number of hydrogen-bond donors (Lipinski definition) is 0. The Hall–Kier alpha value is -2.44. The van der Waals surface area contributed by atoms with E-state index in [-0.39, 0.29) is 0 Å². The summed E-state index contributed by atoms with van der Waals surface area (Å²) >= 11 is 0. The van der Waals surface area contributed by atoms with Gasteiger partial charge in [-0.05, 0) is 12.2 Å². The Morgan fingerprint density at radius 2 is 1.39 bits per heavy atom. The first-order valence-corrected chi connectivity index (χ1v) is 7.02. The number of rotatable bonds is 5. The molecular formula is C17H18O6. The number of carbonyl (C=O) groups excluding carboxylic acids is 2. The monoisotopic (exact) mass is 318 g/mol. The van der Waals surface area contributed by atoms with Crippen LogP contribution in [0.2, 0.25) is 0 Å². The Labute approximate surface area is 134 Å². The molecule has 1 heterocycles. The minimum absolute atomic E-state index is 0.493. The number of hydrogen-bond acceptors (Lipinski definition) is 6. The maximum Gasteiger partial charge on any atom is 0.330 e. The third-order valence-electron chi connectivity index (χ3n) is 3.20. The van der Waals surface area contributed by atoms with E-state index >= 15 is 0 Å². The largest absolute Gasteiger partial charge is 0.466 e. The molecule has 1 aromatic rings. The maximum atomic E-state index is 11.2. The minimum atomic E-state index is -0.587. The van der Waals surface area contributed by atoms with Crippen molar-refractivity contribution in [2.75, 3.05) is 14.2 Å². The second kappa shape index (κ2) is 8.26. The van der Waals surface area contributed by atoms with Gasteiger partial charge in [0, 0.05) is 17.7 Å². The van der Waals surface area contributed by atoms with Crippen LogP contribution in [0.1, 0.15) is 11.9 Å². The topological polar surface area (TPSA) is 71.1 Å². The summed E-state index contributed by atoms with van der Waals surface area (Å²) in [4.78, 5) is 22.5. The quantitative estimate of drug-likeness (QED) is 0.610. The van der Waals surface area contributed by atoms with Gasteiger partial charge in [-0.15, -0.1) is 0 Å². The van der Waals surface area contributed by atoms with E-state index in [4.69, 9.17) is 9.47 Å². The van der Waals surface area contributed by atoms with Crippen molar-refractivity contribution in [3.8, 4) is 0 Å². The molecule has 1 saturated heterocycles. The smallest absolute Gasteiger partial charge is 0.330 e. The van der Waals surface area contributed by atoms with Gasteiger partial charge in [-0.25, -0.2) is 9.59 Å². The molecular weight excluding hydrogens is 300 g/mol. The van der Waals surface area contributed by atoms with E-state index in [2.05, 4.69) is 9.47 Å². The number of esters is 2. The molecule has 0 radical (unpaired) electrons. The van der Waals surface area contributed by atoms with Crippen LogP contribution in [0.25, 0.3) is 0 Å². The molecule has 0 N–H and O–H groups in total. The van der Waals surface area contributed by atoms with Gasteiger partial charge in [0.05, 0.1) is 14.2 Å². The van der Waals surface area contributed by atoms with E-state index in [1.54, 1.807) is 12.2 Å². The normalized spacial score (nSPS) is 21.8. The van der Waals surface area contributed by atoms with E-state index in [9.17, 15) is 9.59 Å². The fourth-order valence-electron chi connectivity index (χ4n) is 2.03. The van der Waals surface area contributed by atoms with Crippen LogP contribution in [0.4, 0.5) is 0 Å². The SMILES string of the molecule is COC(=O)/C=C/[C@H]1OC(c2ccccc2)O[C@@H]1/C=C/C(=O)OC. The van der Waals surface area contributed by atoms with Crippen LogP contribution < -0.4 is 0 Å². The first-order valence-electron chi connectivity index (χ1n) is 7.02. The fourth-order valence-corrected chi connectivity index (χ4v) is 2.03. The van der Waals surface area contributed by atoms with Crippen LogP contribution in [0, 0.1) is 0 Å². The van der Waals surface area contributed by atoms with Crippen molar-refractivity contribution in [1.29, 1.82) is 0 Å². The van der Waals surface area contributed by atoms with Gasteiger partial charge in [0.15, 0.2) is 6.29 Å². The lowest BCUT2D eigenvalue weighted by Gasteiger charge is -2.09. The molecule has 122 valence electrons. The molecule has 0 unspecified atom stereocenters. The standard InChI is InChI=1S/C17H18O6/c1-20-15(18)10-8-13-14(9-11-16(19)21-2)23-17(22-13)12-6-4-3-5-7-12/h3-11,13-14,17H,1-2H3/b10-8+,11-9+/t13-,14-/m1/s1. The van der Waals surface area contributed by atoms with E-state index in [0.717, 1.165) is 5.56 Å². The average molecular weight is 318 g/mol. The van der Waals surface area contributed by atoms with Crippen LogP contribution in [0.3, 0.4) is 0 Å². The zero-order valence-electron chi connectivity index (χ0n) is 12.9. The van der Waals surface area contributed by atoms with E-state index in [0.29, 0.717) is 0 Å². The van der Waals surface area contributed by atoms with Gasteiger partial charge in [-0.2, -0.15) is 0 Å². The molecule has 2 atom stereocenters. The Kier molecular flexibility index (Phi) is 6.08. The molecule has 0 spiro atoms. The fraction of sp³-hybridized carbons (Fsp3) is 0.294. The van der Waals surface area contributed by atoms with Gasteiger partial charge in [-0.3, -0.25) is 0 Å². The minimum Gasteiger partial charge on any atom is -0.466 e. The Morgan fingerprint density at radius 1 is 0.913 bits per heavy atom.